The molecule has 1 rings (SSSR count). The smallest absolute Gasteiger partial charge is 0.229 e. The van der Waals surface area contributed by atoms with Crippen LogP contribution in [0.2, 0.25) is 0 Å². The van der Waals surface area contributed by atoms with Gasteiger partial charge in [0, 0.05) is 18.9 Å². The van der Waals surface area contributed by atoms with Crippen LogP contribution >= 0.6 is 0 Å². The Morgan fingerprint density at radius 2 is 1.69 bits per heavy atom. The van der Waals surface area contributed by atoms with Crippen LogP contribution in [0.5, 0.6) is 0 Å². The zero-order valence-electron chi connectivity index (χ0n) is 8.12. The van der Waals surface area contributed by atoms with Crippen molar-refractivity contribution in [2.45, 2.75) is 45.2 Å². The Balaban J connectivity index is 2.74. The van der Waals surface area contributed by atoms with Crippen LogP contribution in [0.3, 0.4) is 0 Å². The Morgan fingerprint density at radius 3 is 2.08 bits per heavy atom. The summed E-state index contributed by atoms with van der Waals surface area (Å²) in [6, 6.07) is -0.341. The summed E-state index contributed by atoms with van der Waals surface area (Å²) in [6.07, 6.45) is 1.63. The second-order valence-corrected chi connectivity index (χ2v) is 3.61. The van der Waals surface area contributed by atoms with E-state index in [9.17, 15) is 9.59 Å². The third-order valence-electron chi connectivity index (χ3n) is 2.49. The topological polar surface area (TPSA) is 63.4 Å². The number of hydrogen-bond donors (Lipinski definition) is 1. The molecule has 2 unspecified atom stereocenters. The Labute approximate surface area is 78.1 Å². The van der Waals surface area contributed by atoms with Gasteiger partial charge in [0.05, 0.1) is 6.04 Å². The molecule has 0 saturated carbocycles. The van der Waals surface area contributed by atoms with Gasteiger partial charge >= 0.3 is 0 Å². The number of hydrogen-bond acceptors (Lipinski definition) is 3. The molecule has 1 heterocycles. The van der Waals surface area contributed by atoms with Gasteiger partial charge in [0.15, 0.2) is 0 Å². The fraction of sp³-hybridized carbons (Fsp3) is 0.778. The van der Waals surface area contributed by atoms with E-state index in [0.29, 0.717) is 19.3 Å². The average Bonchev–Trinajstić information content (AvgIpc) is 2.03. The van der Waals surface area contributed by atoms with Crippen molar-refractivity contribution in [1.29, 1.82) is 0 Å². The average molecular weight is 184 g/mol. The Morgan fingerprint density at radius 1 is 1.23 bits per heavy atom. The minimum Gasteiger partial charge on any atom is -0.326 e. The van der Waals surface area contributed by atoms with Gasteiger partial charge < -0.3 is 5.73 Å². The van der Waals surface area contributed by atoms with Gasteiger partial charge in [-0.25, -0.2) is 0 Å². The van der Waals surface area contributed by atoms with Crippen molar-refractivity contribution >= 4 is 11.8 Å². The van der Waals surface area contributed by atoms with E-state index in [4.69, 9.17) is 5.73 Å². The van der Waals surface area contributed by atoms with Crippen molar-refractivity contribution in [2.24, 2.45) is 5.73 Å². The van der Waals surface area contributed by atoms with Gasteiger partial charge in [-0.1, -0.05) is 0 Å². The fourth-order valence-corrected chi connectivity index (χ4v) is 1.46. The van der Waals surface area contributed by atoms with Crippen LogP contribution in [-0.2, 0) is 9.59 Å². The van der Waals surface area contributed by atoms with Crippen LogP contribution in [0, 0.1) is 0 Å². The second-order valence-electron chi connectivity index (χ2n) is 3.61. The summed E-state index contributed by atoms with van der Waals surface area (Å²) in [5.74, 6) is -0.165. The van der Waals surface area contributed by atoms with Crippen molar-refractivity contribution in [1.82, 2.24) is 4.90 Å². The third-order valence-corrected chi connectivity index (χ3v) is 2.49. The molecule has 0 aromatic heterocycles. The predicted molar refractivity (Wildman–Crippen MR) is 48.8 cm³/mol. The minimum absolute atomic E-state index is 0.0824. The maximum atomic E-state index is 11.4. The van der Waals surface area contributed by atoms with Crippen LogP contribution in [0.4, 0.5) is 0 Å². The van der Waals surface area contributed by atoms with Gasteiger partial charge in [-0.3, -0.25) is 14.5 Å². The van der Waals surface area contributed by atoms with Crippen molar-refractivity contribution in [2.75, 3.05) is 0 Å². The highest BCUT2D eigenvalue weighted by molar-refractivity contribution is 5.97. The van der Waals surface area contributed by atoms with Crippen LogP contribution in [-0.4, -0.2) is 28.8 Å². The fourth-order valence-electron chi connectivity index (χ4n) is 1.46. The van der Waals surface area contributed by atoms with E-state index in [-0.39, 0.29) is 23.9 Å². The molecule has 0 spiro atoms. The quantitative estimate of drug-likeness (QED) is 0.626. The van der Waals surface area contributed by atoms with E-state index < -0.39 is 0 Å². The van der Waals surface area contributed by atoms with Gasteiger partial charge in [-0.15, -0.1) is 0 Å². The summed E-state index contributed by atoms with van der Waals surface area (Å²) >= 11 is 0. The molecule has 0 aromatic carbocycles. The summed E-state index contributed by atoms with van der Waals surface area (Å²) in [6.45, 7) is 3.62. The second kappa shape index (κ2) is 3.87. The molecule has 2 N–H and O–H groups in total. The normalized spacial score (nSPS) is 23.2. The summed E-state index contributed by atoms with van der Waals surface area (Å²) in [5.41, 5.74) is 5.65. The van der Waals surface area contributed by atoms with Gasteiger partial charge in [0.1, 0.15) is 0 Å². The molecule has 74 valence electrons. The van der Waals surface area contributed by atoms with Gasteiger partial charge in [0.2, 0.25) is 11.8 Å². The Hall–Kier alpha value is -0.900. The molecule has 4 nitrogen and oxygen atoms in total. The van der Waals surface area contributed by atoms with Crippen LogP contribution in [0.25, 0.3) is 0 Å². The molecule has 13 heavy (non-hydrogen) atoms. The molecule has 0 bridgehead atoms. The molecule has 0 radical (unpaired) electrons. The highest BCUT2D eigenvalue weighted by atomic mass is 16.2. The van der Waals surface area contributed by atoms with Crippen molar-refractivity contribution < 1.29 is 9.59 Å². The number of likely N-dealkylation sites (tertiary alicyclic amines) is 1. The summed E-state index contributed by atoms with van der Waals surface area (Å²) < 4.78 is 0. The molecule has 2 amide bonds. The highest BCUT2D eigenvalue weighted by Gasteiger charge is 2.31. The number of carbonyl (C=O) groups excluding carboxylic acids is 2. The van der Waals surface area contributed by atoms with Gasteiger partial charge in [0.25, 0.3) is 0 Å². The van der Waals surface area contributed by atoms with Crippen LogP contribution < -0.4 is 5.73 Å². The molecule has 0 aliphatic carbocycles. The molecule has 1 saturated heterocycles. The number of amides is 2. The lowest BCUT2D eigenvalue weighted by Gasteiger charge is -2.32. The first kappa shape index (κ1) is 10.2. The van der Waals surface area contributed by atoms with Crippen LogP contribution in [0.1, 0.15) is 33.1 Å². The maximum Gasteiger partial charge on any atom is 0.229 e. The zero-order valence-corrected chi connectivity index (χ0v) is 8.12. The van der Waals surface area contributed by atoms with E-state index >= 15 is 0 Å². The molecule has 4 heteroatoms. The molecule has 0 aromatic rings. The molecular weight excluding hydrogens is 168 g/mol. The van der Waals surface area contributed by atoms with E-state index in [0.717, 1.165) is 0 Å². The first-order valence-electron chi connectivity index (χ1n) is 4.64. The van der Waals surface area contributed by atoms with Crippen LogP contribution in [0.15, 0.2) is 0 Å². The number of carbonyl (C=O) groups is 2. The first-order valence-corrected chi connectivity index (χ1v) is 4.64. The highest BCUT2D eigenvalue weighted by Crippen LogP contribution is 2.16. The molecular formula is C9H16N2O2. The summed E-state index contributed by atoms with van der Waals surface area (Å²) in [5, 5.41) is 0. The van der Waals surface area contributed by atoms with Crippen molar-refractivity contribution in [3.63, 3.8) is 0 Å². The van der Waals surface area contributed by atoms with Crippen molar-refractivity contribution in [3.8, 4) is 0 Å². The lowest BCUT2D eigenvalue weighted by atomic mass is 10.0. The Bertz CT molecular complexity index is 210. The standard InChI is InChI=1S/C9H16N2O2/c1-6(10)7(2)11-8(12)4-3-5-9(11)13/h6-7H,3-5,10H2,1-2H3. The minimum atomic E-state index is -0.180. The van der Waals surface area contributed by atoms with E-state index in [1.165, 1.54) is 4.90 Å². The number of piperidine rings is 1. The predicted octanol–water partition coefficient (Wildman–Crippen LogP) is 0.261. The van der Waals surface area contributed by atoms with E-state index in [1.807, 2.05) is 6.92 Å². The molecule has 1 aliphatic heterocycles. The van der Waals surface area contributed by atoms with E-state index in [2.05, 4.69) is 0 Å². The summed E-state index contributed by atoms with van der Waals surface area (Å²) in [4.78, 5) is 24.1. The zero-order chi connectivity index (χ0) is 10.0. The first-order chi connectivity index (χ1) is 6.04. The maximum absolute atomic E-state index is 11.4. The van der Waals surface area contributed by atoms with E-state index in [1.54, 1.807) is 6.92 Å². The molecule has 1 fully saturated rings. The number of imide groups is 1. The van der Waals surface area contributed by atoms with Gasteiger partial charge in [-0.05, 0) is 20.3 Å². The van der Waals surface area contributed by atoms with Crippen molar-refractivity contribution in [3.05, 3.63) is 0 Å². The number of nitrogens with zero attached hydrogens (tertiary/aromatic N) is 1. The Kier molecular flexibility index (Phi) is 3.03. The number of rotatable bonds is 2. The molecule has 1 aliphatic rings. The number of nitrogens with two attached hydrogens (primary N) is 1. The lowest BCUT2D eigenvalue weighted by Crippen LogP contribution is -2.52. The molecule has 2 atom stereocenters. The van der Waals surface area contributed by atoms with Gasteiger partial charge in [-0.2, -0.15) is 0 Å². The summed E-state index contributed by atoms with van der Waals surface area (Å²) in [7, 11) is 0. The lowest BCUT2D eigenvalue weighted by molar-refractivity contribution is -0.150. The largest absolute Gasteiger partial charge is 0.326 e. The SMILES string of the molecule is CC(N)C(C)N1C(=O)CCCC1=O. The monoisotopic (exact) mass is 184 g/mol. The third kappa shape index (κ3) is 2.06.